The maximum atomic E-state index is 12.4. The van der Waals surface area contributed by atoms with Crippen molar-refractivity contribution in [3.05, 3.63) is 24.3 Å². The topological polar surface area (TPSA) is 118 Å². The van der Waals surface area contributed by atoms with Gasteiger partial charge in [0.25, 0.3) is 5.78 Å². The SMILES string of the molecule is CCNc1nc(NCC)n2c(SCC(=O)Nc3ccccc3OCC)nnc2n1. The molecule has 2 heterocycles. The lowest BCUT2D eigenvalue weighted by Gasteiger charge is -2.11. The molecule has 0 radical (unpaired) electrons. The Morgan fingerprint density at radius 3 is 2.66 bits per heavy atom. The first kappa shape index (κ1) is 20.6. The Hall–Kier alpha value is -3.08. The molecule has 10 nitrogen and oxygen atoms in total. The van der Waals surface area contributed by atoms with Crippen molar-refractivity contribution in [1.29, 1.82) is 0 Å². The lowest BCUT2D eigenvalue weighted by molar-refractivity contribution is -0.113. The Bertz CT molecular complexity index is 978. The fraction of sp³-hybridized carbons (Fsp3) is 0.389. The quantitative estimate of drug-likeness (QED) is 0.428. The monoisotopic (exact) mass is 416 g/mol. The highest BCUT2D eigenvalue weighted by Gasteiger charge is 2.16. The second-order valence-corrected chi connectivity index (χ2v) is 6.76. The molecule has 29 heavy (non-hydrogen) atoms. The van der Waals surface area contributed by atoms with Gasteiger partial charge in [0.1, 0.15) is 5.75 Å². The van der Waals surface area contributed by atoms with Crippen LogP contribution in [0, 0.1) is 0 Å². The number of hydrogen-bond donors (Lipinski definition) is 3. The summed E-state index contributed by atoms with van der Waals surface area (Å²) in [5.74, 6) is 2.08. The van der Waals surface area contributed by atoms with E-state index in [1.807, 2.05) is 39.0 Å². The Morgan fingerprint density at radius 1 is 1.10 bits per heavy atom. The van der Waals surface area contributed by atoms with Gasteiger partial charge in [0, 0.05) is 13.1 Å². The molecule has 0 spiro atoms. The Balaban J connectivity index is 1.74. The van der Waals surface area contributed by atoms with Crippen LogP contribution in [-0.4, -0.2) is 55.9 Å². The van der Waals surface area contributed by atoms with Gasteiger partial charge in [0.2, 0.25) is 17.8 Å². The van der Waals surface area contributed by atoms with Gasteiger partial charge in [-0.2, -0.15) is 9.97 Å². The largest absolute Gasteiger partial charge is 0.492 e. The van der Waals surface area contributed by atoms with Crippen LogP contribution in [0.5, 0.6) is 5.75 Å². The molecule has 154 valence electrons. The summed E-state index contributed by atoms with van der Waals surface area (Å²) in [6.07, 6.45) is 0. The van der Waals surface area contributed by atoms with Crippen molar-refractivity contribution >= 4 is 41.0 Å². The summed E-state index contributed by atoms with van der Waals surface area (Å²) < 4.78 is 7.25. The number of nitrogens with zero attached hydrogens (tertiary/aromatic N) is 5. The zero-order valence-electron chi connectivity index (χ0n) is 16.6. The third-order valence-corrected chi connectivity index (χ3v) is 4.64. The third kappa shape index (κ3) is 5.05. The van der Waals surface area contributed by atoms with Crippen molar-refractivity contribution in [3.8, 4) is 5.75 Å². The molecule has 0 aliphatic heterocycles. The van der Waals surface area contributed by atoms with Gasteiger partial charge in [-0.3, -0.25) is 4.79 Å². The summed E-state index contributed by atoms with van der Waals surface area (Å²) in [5.41, 5.74) is 0.637. The van der Waals surface area contributed by atoms with Crippen molar-refractivity contribution in [2.45, 2.75) is 25.9 Å². The molecule has 0 saturated carbocycles. The molecule has 0 saturated heterocycles. The van der Waals surface area contributed by atoms with Crippen molar-refractivity contribution in [2.75, 3.05) is 41.4 Å². The summed E-state index contributed by atoms with van der Waals surface area (Å²) >= 11 is 1.26. The molecule has 2 aromatic heterocycles. The van der Waals surface area contributed by atoms with Gasteiger partial charge >= 0.3 is 0 Å². The molecule has 0 atom stereocenters. The molecule has 0 fully saturated rings. The average Bonchev–Trinajstić information content (AvgIpc) is 3.12. The van der Waals surface area contributed by atoms with E-state index in [-0.39, 0.29) is 11.7 Å². The van der Waals surface area contributed by atoms with Crippen LogP contribution in [-0.2, 0) is 4.79 Å². The number of ether oxygens (including phenoxy) is 1. The van der Waals surface area contributed by atoms with E-state index in [4.69, 9.17) is 4.74 Å². The predicted octanol–water partition coefficient (Wildman–Crippen LogP) is 2.51. The highest BCUT2D eigenvalue weighted by Crippen LogP contribution is 2.25. The van der Waals surface area contributed by atoms with Crippen LogP contribution < -0.4 is 20.7 Å². The van der Waals surface area contributed by atoms with Crippen LogP contribution in [0.3, 0.4) is 0 Å². The molecule has 0 aliphatic rings. The minimum Gasteiger partial charge on any atom is -0.492 e. The Labute approximate surface area is 172 Å². The smallest absolute Gasteiger partial charge is 0.261 e. The van der Waals surface area contributed by atoms with E-state index < -0.39 is 0 Å². The van der Waals surface area contributed by atoms with Crippen molar-refractivity contribution in [2.24, 2.45) is 0 Å². The maximum absolute atomic E-state index is 12.4. The summed E-state index contributed by atoms with van der Waals surface area (Å²) in [6.45, 7) is 7.73. The molecular formula is C18H24N8O2S. The molecule has 1 aromatic carbocycles. The predicted molar refractivity (Wildman–Crippen MR) is 114 cm³/mol. The summed E-state index contributed by atoms with van der Waals surface area (Å²) in [4.78, 5) is 21.3. The van der Waals surface area contributed by atoms with Gasteiger partial charge in [-0.25, -0.2) is 4.40 Å². The van der Waals surface area contributed by atoms with Crippen molar-refractivity contribution in [1.82, 2.24) is 24.6 Å². The van der Waals surface area contributed by atoms with Crippen LogP contribution in [0.4, 0.5) is 17.6 Å². The number of carbonyl (C=O) groups excluding carboxylic acids is 1. The molecule has 3 aromatic rings. The van der Waals surface area contributed by atoms with E-state index in [0.717, 1.165) is 0 Å². The fourth-order valence-corrected chi connectivity index (χ4v) is 3.29. The van der Waals surface area contributed by atoms with Gasteiger partial charge in [-0.1, -0.05) is 23.9 Å². The van der Waals surface area contributed by atoms with E-state index in [0.29, 0.717) is 54.0 Å². The molecule has 3 rings (SSSR count). The molecule has 3 N–H and O–H groups in total. The minimum atomic E-state index is -0.172. The lowest BCUT2D eigenvalue weighted by atomic mass is 10.3. The van der Waals surface area contributed by atoms with E-state index in [2.05, 4.69) is 36.1 Å². The first-order valence-electron chi connectivity index (χ1n) is 9.41. The number of thioether (sulfide) groups is 1. The molecule has 0 unspecified atom stereocenters. The second-order valence-electron chi connectivity index (χ2n) is 5.82. The number of hydrogen-bond acceptors (Lipinski definition) is 9. The molecular weight excluding hydrogens is 392 g/mol. The van der Waals surface area contributed by atoms with E-state index in [1.165, 1.54) is 11.8 Å². The number of nitrogens with one attached hydrogen (secondary N) is 3. The number of amides is 1. The van der Waals surface area contributed by atoms with Crippen LogP contribution in [0.25, 0.3) is 5.78 Å². The number of para-hydroxylation sites is 2. The molecule has 0 aliphatic carbocycles. The van der Waals surface area contributed by atoms with E-state index >= 15 is 0 Å². The number of carbonyl (C=O) groups is 1. The van der Waals surface area contributed by atoms with Gasteiger partial charge in [-0.05, 0) is 32.9 Å². The zero-order valence-corrected chi connectivity index (χ0v) is 17.4. The van der Waals surface area contributed by atoms with Crippen LogP contribution in [0.2, 0.25) is 0 Å². The standard InChI is InChI=1S/C18H24N8O2S/c1-4-19-15-22-16(20-5-2)26-17(23-15)24-25-18(26)29-11-14(27)21-12-9-7-8-10-13(12)28-6-3/h7-10H,4-6,11H2,1-3H3,(H,21,27)(H2,19,20,22,23,24). The van der Waals surface area contributed by atoms with Gasteiger partial charge in [0.05, 0.1) is 18.0 Å². The Morgan fingerprint density at radius 2 is 1.90 bits per heavy atom. The first-order chi connectivity index (χ1) is 14.2. The summed E-state index contributed by atoms with van der Waals surface area (Å²) in [5, 5.41) is 17.9. The maximum Gasteiger partial charge on any atom is 0.261 e. The normalized spacial score (nSPS) is 10.7. The van der Waals surface area contributed by atoms with Crippen molar-refractivity contribution < 1.29 is 9.53 Å². The second kappa shape index (κ2) is 9.92. The molecule has 0 bridgehead atoms. The summed E-state index contributed by atoms with van der Waals surface area (Å²) in [7, 11) is 0. The highest BCUT2D eigenvalue weighted by molar-refractivity contribution is 7.99. The number of rotatable bonds is 10. The number of benzene rings is 1. The van der Waals surface area contributed by atoms with Crippen LogP contribution in [0.15, 0.2) is 29.4 Å². The first-order valence-corrected chi connectivity index (χ1v) is 10.4. The summed E-state index contributed by atoms with van der Waals surface area (Å²) in [6, 6.07) is 7.33. The van der Waals surface area contributed by atoms with Gasteiger partial charge in [-0.15, -0.1) is 10.2 Å². The average molecular weight is 417 g/mol. The fourth-order valence-electron chi connectivity index (χ4n) is 2.57. The van der Waals surface area contributed by atoms with E-state index in [1.54, 1.807) is 10.5 Å². The number of anilines is 3. The highest BCUT2D eigenvalue weighted by atomic mass is 32.2. The molecule has 1 amide bonds. The van der Waals surface area contributed by atoms with Gasteiger partial charge < -0.3 is 20.7 Å². The van der Waals surface area contributed by atoms with Crippen LogP contribution in [0.1, 0.15) is 20.8 Å². The van der Waals surface area contributed by atoms with Crippen molar-refractivity contribution in [3.63, 3.8) is 0 Å². The van der Waals surface area contributed by atoms with Gasteiger partial charge in [0.15, 0.2) is 5.16 Å². The zero-order chi connectivity index (χ0) is 20.6. The number of aromatic nitrogens is 5. The van der Waals surface area contributed by atoms with E-state index in [9.17, 15) is 4.79 Å². The molecule has 11 heteroatoms. The number of fused-ring (bicyclic) bond motifs is 1. The van der Waals surface area contributed by atoms with Crippen LogP contribution >= 0.6 is 11.8 Å². The lowest BCUT2D eigenvalue weighted by Crippen LogP contribution is -2.15. The minimum absolute atomic E-state index is 0.155. The third-order valence-electron chi connectivity index (χ3n) is 3.71. The Kier molecular flexibility index (Phi) is 7.06.